The summed E-state index contributed by atoms with van der Waals surface area (Å²) in [6.45, 7) is 10.4. The van der Waals surface area contributed by atoms with Gasteiger partial charge in [-0.3, -0.25) is 4.99 Å². The maximum Gasteiger partial charge on any atom is 0.191 e. The predicted molar refractivity (Wildman–Crippen MR) is 119 cm³/mol. The van der Waals surface area contributed by atoms with Crippen LogP contribution in [0, 0.1) is 5.41 Å². The van der Waals surface area contributed by atoms with Crippen molar-refractivity contribution in [1.29, 1.82) is 0 Å². The van der Waals surface area contributed by atoms with Crippen molar-refractivity contribution >= 4 is 29.9 Å². The number of aliphatic imine (C=N–C) groups is 1. The Hall–Kier alpha value is -0.820. The average molecular weight is 458 g/mol. The van der Waals surface area contributed by atoms with E-state index in [9.17, 15) is 0 Å². The minimum absolute atomic E-state index is 0. The van der Waals surface area contributed by atoms with Gasteiger partial charge in [0.05, 0.1) is 0 Å². The van der Waals surface area contributed by atoms with Gasteiger partial charge in [-0.25, -0.2) is 0 Å². The molecular formula is C20H35IN4. The Balaban J connectivity index is 0.00000312. The van der Waals surface area contributed by atoms with E-state index in [1.807, 2.05) is 0 Å². The van der Waals surface area contributed by atoms with Crippen molar-refractivity contribution in [1.82, 2.24) is 15.5 Å². The largest absolute Gasteiger partial charge is 0.357 e. The van der Waals surface area contributed by atoms with E-state index in [0.717, 1.165) is 32.1 Å². The third kappa shape index (κ3) is 7.13. The number of nitrogens with zero attached hydrogens (tertiary/aromatic N) is 2. The second-order valence-corrected chi connectivity index (χ2v) is 8.10. The molecular weight excluding hydrogens is 423 g/mol. The second-order valence-electron chi connectivity index (χ2n) is 8.10. The normalized spacial score (nSPS) is 16.3. The summed E-state index contributed by atoms with van der Waals surface area (Å²) in [6, 6.07) is 10.9. The topological polar surface area (TPSA) is 39.7 Å². The first kappa shape index (κ1) is 22.2. The monoisotopic (exact) mass is 458 g/mol. The fourth-order valence-electron chi connectivity index (χ4n) is 3.30. The lowest BCUT2D eigenvalue weighted by molar-refractivity contribution is 0.248. The molecule has 1 aromatic rings. The summed E-state index contributed by atoms with van der Waals surface area (Å²) in [6.07, 6.45) is 2.52. The Morgan fingerprint density at radius 2 is 1.80 bits per heavy atom. The molecule has 1 fully saturated rings. The molecule has 2 N–H and O–H groups in total. The van der Waals surface area contributed by atoms with Gasteiger partial charge in [-0.1, -0.05) is 44.2 Å². The van der Waals surface area contributed by atoms with Gasteiger partial charge in [-0.15, -0.1) is 24.0 Å². The molecule has 0 spiro atoms. The van der Waals surface area contributed by atoms with Crippen molar-refractivity contribution in [2.75, 3.05) is 40.3 Å². The molecule has 0 aliphatic heterocycles. The van der Waals surface area contributed by atoms with E-state index in [1.165, 1.54) is 18.4 Å². The summed E-state index contributed by atoms with van der Waals surface area (Å²) in [7, 11) is 4.23. The Morgan fingerprint density at radius 1 is 1.16 bits per heavy atom. The first-order chi connectivity index (χ1) is 11.4. The lowest BCUT2D eigenvalue weighted by Crippen LogP contribution is -2.42. The van der Waals surface area contributed by atoms with Crippen LogP contribution in [0.3, 0.4) is 0 Å². The van der Waals surface area contributed by atoms with Gasteiger partial charge in [0.2, 0.25) is 0 Å². The van der Waals surface area contributed by atoms with Crippen LogP contribution in [0.25, 0.3) is 0 Å². The van der Waals surface area contributed by atoms with E-state index in [1.54, 1.807) is 0 Å². The van der Waals surface area contributed by atoms with Gasteiger partial charge in [-0.2, -0.15) is 0 Å². The fraction of sp³-hybridized carbons (Fsp3) is 0.650. The summed E-state index contributed by atoms with van der Waals surface area (Å²) < 4.78 is 0. The van der Waals surface area contributed by atoms with Crippen LogP contribution in [0.1, 0.15) is 39.2 Å². The third-order valence-corrected chi connectivity index (χ3v) is 4.59. The Labute approximate surface area is 170 Å². The molecule has 0 atom stereocenters. The summed E-state index contributed by atoms with van der Waals surface area (Å²) in [5, 5.41) is 6.96. The number of hydrogen-bond acceptors (Lipinski definition) is 2. The van der Waals surface area contributed by atoms with E-state index in [2.05, 4.69) is 80.7 Å². The van der Waals surface area contributed by atoms with Crippen LogP contribution in [0.15, 0.2) is 35.3 Å². The van der Waals surface area contributed by atoms with Gasteiger partial charge in [0.1, 0.15) is 0 Å². The highest BCUT2D eigenvalue weighted by molar-refractivity contribution is 14.0. The molecule has 0 aromatic heterocycles. The van der Waals surface area contributed by atoms with Crippen LogP contribution >= 0.6 is 24.0 Å². The summed E-state index contributed by atoms with van der Waals surface area (Å²) >= 11 is 0. The quantitative estimate of drug-likeness (QED) is 0.356. The molecule has 1 aromatic carbocycles. The molecule has 2 rings (SSSR count). The van der Waals surface area contributed by atoms with Crippen LogP contribution in [0.5, 0.6) is 0 Å². The minimum atomic E-state index is 0. The maximum absolute atomic E-state index is 4.83. The summed E-state index contributed by atoms with van der Waals surface area (Å²) in [5.74, 6) is 0.937. The van der Waals surface area contributed by atoms with Crippen LogP contribution < -0.4 is 10.6 Å². The van der Waals surface area contributed by atoms with Crippen molar-refractivity contribution in [3.63, 3.8) is 0 Å². The van der Waals surface area contributed by atoms with E-state index in [0.29, 0.717) is 5.41 Å². The Morgan fingerprint density at radius 3 is 2.32 bits per heavy atom. The van der Waals surface area contributed by atoms with Crippen molar-refractivity contribution in [3.05, 3.63) is 35.9 Å². The van der Waals surface area contributed by atoms with Crippen molar-refractivity contribution in [3.8, 4) is 0 Å². The number of rotatable bonds is 8. The molecule has 0 radical (unpaired) electrons. The molecule has 4 nitrogen and oxygen atoms in total. The molecule has 1 aliphatic carbocycles. The highest BCUT2D eigenvalue weighted by atomic mass is 127. The molecule has 1 aliphatic rings. The molecule has 1 saturated carbocycles. The van der Waals surface area contributed by atoms with Gasteiger partial charge in [-0.05, 0) is 44.8 Å². The molecule has 0 heterocycles. The summed E-state index contributed by atoms with van der Waals surface area (Å²) in [5.41, 5.74) is 1.92. The zero-order valence-electron chi connectivity index (χ0n) is 16.4. The number of benzene rings is 1. The van der Waals surface area contributed by atoms with Crippen LogP contribution in [0.2, 0.25) is 0 Å². The standard InChI is InChI=1S/C20H34N4.HI/c1-6-21-18(22-14-19(2,3)16-24(4)5)23-15-20(12-13-20)17-10-8-7-9-11-17;/h7-11H,6,12-16H2,1-5H3,(H2,21,22,23);1H. The van der Waals surface area contributed by atoms with E-state index in [4.69, 9.17) is 4.99 Å². The minimum Gasteiger partial charge on any atom is -0.357 e. The van der Waals surface area contributed by atoms with Gasteiger partial charge in [0.15, 0.2) is 5.96 Å². The molecule has 0 bridgehead atoms. The SMILES string of the molecule is CCNC(=NCC(C)(C)CN(C)C)NCC1(c2ccccc2)CC1.I. The van der Waals surface area contributed by atoms with Crippen molar-refractivity contribution < 1.29 is 0 Å². The van der Waals surface area contributed by atoms with E-state index in [-0.39, 0.29) is 29.4 Å². The zero-order valence-corrected chi connectivity index (χ0v) is 18.8. The molecule has 0 unspecified atom stereocenters. The van der Waals surface area contributed by atoms with Gasteiger partial charge in [0, 0.05) is 31.6 Å². The fourth-order valence-corrected chi connectivity index (χ4v) is 3.30. The van der Waals surface area contributed by atoms with Gasteiger partial charge >= 0.3 is 0 Å². The zero-order chi connectivity index (χ0) is 17.6. The number of hydrogen-bond donors (Lipinski definition) is 2. The van der Waals surface area contributed by atoms with E-state index < -0.39 is 0 Å². The van der Waals surface area contributed by atoms with Crippen molar-refractivity contribution in [2.24, 2.45) is 10.4 Å². The highest BCUT2D eigenvalue weighted by Crippen LogP contribution is 2.47. The Kier molecular flexibility index (Phi) is 8.68. The Bertz CT molecular complexity index is 536. The van der Waals surface area contributed by atoms with Gasteiger partial charge < -0.3 is 15.5 Å². The van der Waals surface area contributed by atoms with Gasteiger partial charge in [0.25, 0.3) is 0 Å². The van der Waals surface area contributed by atoms with E-state index >= 15 is 0 Å². The maximum atomic E-state index is 4.83. The molecule has 142 valence electrons. The average Bonchev–Trinajstić information content (AvgIpc) is 3.31. The molecule has 25 heavy (non-hydrogen) atoms. The smallest absolute Gasteiger partial charge is 0.191 e. The first-order valence-electron chi connectivity index (χ1n) is 9.09. The van der Waals surface area contributed by atoms with Crippen LogP contribution in [0.4, 0.5) is 0 Å². The predicted octanol–water partition coefficient (Wildman–Crippen LogP) is 3.48. The number of guanidine groups is 1. The number of nitrogens with one attached hydrogen (secondary N) is 2. The highest BCUT2D eigenvalue weighted by Gasteiger charge is 2.44. The second kappa shape index (κ2) is 9.76. The number of halogens is 1. The van der Waals surface area contributed by atoms with Crippen LogP contribution in [-0.2, 0) is 5.41 Å². The first-order valence-corrected chi connectivity index (χ1v) is 9.09. The van der Waals surface area contributed by atoms with Crippen molar-refractivity contribution in [2.45, 2.75) is 39.0 Å². The lowest BCUT2D eigenvalue weighted by atomic mass is 9.93. The van der Waals surface area contributed by atoms with Crippen LogP contribution in [-0.4, -0.2) is 51.1 Å². The molecule has 0 saturated heterocycles. The molecule has 5 heteroatoms. The third-order valence-electron chi connectivity index (χ3n) is 4.59. The molecule has 0 amide bonds. The summed E-state index contributed by atoms with van der Waals surface area (Å²) in [4.78, 5) is 7.06. The lowest BCUT2D eigenvalue weighted by Gasteiger charge is -2.27.